The zero-order valence-electron chi connectivity index (χ0n) is 21.9. The molecule has 0 radical (unpaired) electrons. The molecule has 2 fully saturated rings. The van der Waals surface area contributed by atoms with E-state index in [-0.39, 0.29) is 73.4 Å². The van der Waals surface area contributed by atoms with Crippen LogP contribution in [0.5, 0.6) is 0 Å². The van der Waals surface area contributed by atoms with Crippen LogP contribution in [0.2, 0.25) is 0 Å². The summed E-state index contributed by atoms with van der Waals surface area (Å²) in [6, 6.07) is 5.34. The lowest BCUT2D eigenvalue weighted by molar-refractivity contribution is -0.142. The second kappa shape index (κ2) is 11.4. The van der Waals surface area contributed by atoms with Gasteiger partial charge in [0.05, 0.1) is 24.5 Å². The quantitative estimate of drug-likeness (QED) is 0.405. The molecule has 1 N–H and O–H groups in total. The van der Waals surface area contributed by atoms with Crippen molar-refractivity contribution >= 4 is 24.8 Å². The van der Waals surface area contributed by atoms with Gasteiger partial charge >= 0.3 is 18.0 Å². The standard InChI is InChI=1S/C26H25F6N5O3.2ClH/c27-25(28,29)16-4-2-15(3-5-16)24-10-17(24)11-35(14-24)7-1-8-36-12-20(22(38)33-23(36)39)37-19-6-9-40-13-18(19)21(34-37)26(30,31)32;;/h2-5,12,17H,1,6-11,13-14H2,(H,33,38,39);2*1H/t17-,24+;;/m0../s1. The second-order valence-electron chi connectivity index (χ2n) is 10.7. The molecule has 2 aliphatic heterocycles. The lowest BCUT2D eigenvalue weighted by Gasteiger charge is -2.21. The van der Waals surface area contributed by atoms with E-state index in [1.165, 1.54) is 10.8 Å². The summed E-state index contributed by atoms with van der Waals surface area (Å²) in [6.07, 6.45) is -6.32. The molecular weight excluding hydrogens is 615 g/mol. The first kappa shape index (κ1) is 32.1. The number of nitrogens with one attached hydrogen (secondary N) is 1. The molecule has 8 nitrogen and oxygen atoms in total. The number of fused-ring (bicyclic) bond motifs is 2. The molecule has 230 valence electrons. The topological polar surface area (TPSA) is 85.2 Å². The van der Waals surface area contributed by atoms with Crippen LogP contribution in [0.15, 0.2) is 40.1 Å². The molecule has 0 unspecified atom stereocenters. The molecule has 1 aromatic carbocycles. The molecule has 1 saturated heterocycles. The minimum absolute atomic E-state index is 0. The fraction of sp³-hybridized carbons (Fsp3) is 0.500. The monoisotopic (exact) mass is 641 g/mol. The summed E-state index contributed by atoms with van der Waals surface area (Å²) in [6.45, 7) is 2.19. The van der Waals surface area contributed by atoms with E-state index in [2.05, 4.69) is 15.0 Å². The molecule has 3 aromatic rings. The van der Waals surface area contributed by atoms with E-state index >= 15 is 0 Å². The number of piperidine rings is 1. The molecule has 4 heterocycles. The molecule has 1 saturated carbocycles. The van der Waals surface area contributed by atoms with Crippen molar-refractivity contribution < 1.29 is 31.1 Å². The average Bonchev–Trinajstić information content (AvgIpc) is 3.25. The molecule has 42 heavy (non-hydrogen) atoms. The van der Waals surface area contributed by atoms with Crippen LogP contribution in [-0.4, -0.2) is 50.5 Å². The highest BCUT2D eigenvalue weighted by Crippen LogP contribution is 2.59. The maximum atomic E-state index is 13.6. The summed E-state index contributed by atoms with van der Waals surface area (Å²) >= 11 is 0. The van der Waals surface area contributed by atoms with E-state index in [1.54, 1.807) is 12.1 Å². The Morgan fingerprint density at radius 1 is 1.02 bits per heavy atom. The summed E-state index contributed by atoms with van der Waals surface area (Å²) < 4.78 is 86.9. The number of ether oxygens (including phenoxy) is 1. The predicted molar refractivity (Wildman–Crippen MR) is 144 cm³/mol. The van der Waals surface area contributed by atoms with Crippen molar-refractivity contribution in [2.24, 2.45) is 5.92 Å². The molecule has 6 rings (SSSR count). The fourth-order valence-electron chi connectivity index (χ4n) is 6.14. The van der Waals surface area contributed by atoms with Crippen LogP contribution in [0.1, 0.15) is 40.9 Å². The van der Waals surface area contributed by atoms with Crippen molar-refractivity contribution in [2.45, 2.75) is 50.2 Å². The maximum Gasteiger partial charge on any atom is 0.435 e. The van der Waals surface area contributed by atoms with E-state index in [4.69, 9.17) is 4.74 Å². The highest BCUT2D eigenvalue weighted by atomic mass is 35.5. The van der Waals surface area contributed by atoms with E-state index in [1.807, 2.05) is 0 Å². The van der Waals surface area contributed by atoms with Gasteiger partial charge in [0, 0.05) is 43.2 Å². The van der Waals surface area contributed by atoms with Gasteiger partial charge in [-0.25, -0.2) is 9.48 Å². The van der Waals surface area contributed by atoms with Crippen molar-refractivity contribution in [1.29, 1.82) is 0 Å². The van der Waals surface area contributed by atoms with Crippen molar-refractivity contribution in [3.63, 3.8) is 0 Å². The normalized spacial score (nSPS) is 21.7. The van der Waals surface area contributed by atoms with E-state index in [9.17, 15) is 35.9 Å². The molecule has 2 aromatic heterocycles. The number of alkyl halides is 6. The van der Waals surface area contributed by atoms with E-state index < -0.39 is 34.9 Å². The number of rotatable bonds is 6. The Hall–Kier alpha value is -2.81. The first-order valence-corrected chi connectivity index (χ1v) is 12.9. The van der Waals surface area contributed by atoms with E-state index in [0.717, 1.165) is 35.3 Å². The summed E-state index contributed by atoms with van der Waals surface area (Å²) in [5.41, 5.74) is -2.67. The van der Waals surface area contributed by atoms with Crippen LogP contribution in [0.3, 0.4) is 0 Å². The lowest BCUT2D eigenvalue weighted by atomic mass is 9.94. The number of likely N-dealkylation sites (tertiary alicyclic amines) is 1. The minimum atomic E-state index is -4.73. The number of hydrogen-bond donors (Lipinski definition) is 1. The molecule has 3 aliphatic rings. The van der Waals surface area contributed by atoms with Gasteiger partial charge in [0.1, 0.15) is 5.69 Å². The molecule has 2 atom stereocenters. The number of H-pyrrole nitrogens is 1. The Bertz CT molecular complexity index is 1570. The van der Waals surface area contributed by atoms with Crippen LogP contribution < -0.4 is 11.2 Å². The SMILES string of the molecule is Cl.Cl.O=c1[nH]c(=O)n(CCCN2C[C@@H]3C[C@]3(c3ccc(C(F)(F)F)cc3)C2)cc1-n1nc(C(F)(F)F)c2c1CCOC2. The average molecular weight is 642 g/mol. The number of aromatic nitrogens is 4. The van der Waals surface area contributed by atoms with Gasteiger partial charge in [-0.3, -0.25) is 14.3 Å². The first-order valence-electron chi connectivity index (χ1n) is 12.9. The molecule has 1 aliphatic carbocycles. The van der Waals surface area contributed by atoms with Crippen molar-refractivity contribution in [1.82, 2.24) is 24.2 Å². The lowest BCUT2D eigenvalue weighted by Crippen LogP contribution is -2.34. The summed E-state index contributed by atoms with van der Waals surface area (Å²) in [5, 5.41) is 3.68. The Kier molecular flexibility index (Phi) is 8.68. The van der Waals surface area contributed by atoms with Gasteiger partial charge in [-0.15, -0.1) is 24.8 Å². The Morgan fingerprint density at radius 2 is 1.74 bits per heavy atom. The van der Waals surface area contributed by atoms with Crippen LogP contribution in [0.4, 0.5) is 26.3 Å². The third-order valence-corrected chi connectivity index (χ3v) is 8.19. The highest BCUT2D eigenvalue weighted by Gasteiger charge is 2.60. The Labute approximate surface area is 247 Å². The largest absolute Gasteiger partial charge is 0.435 e. The van der Waals surface area contributed by atoms with Crippen LogP contribution in [0, 0.1) is 5.92 Å². The van der Waals surface area contributed by atoms with Crippen molar-refractivity contribution in [3.8, 4) is 5.69 Å². The number of benzene rings is 1. The highest BCUT2D eigenvalue weighted by molar-refractivity contribution is 5.85. The molecular formula is C26H27Cl2F6N5O3. The van der Waals surface area contributed by atoms with Crippen molar-refractivity contribution in [2.75, 3.05) is 26.2 Å². The Balaban J connectivity index is 0.00000202. The van der Waals surface area contributed by atoms with Gasteiger partial charge in [-0.05, 0) is 43.0 Å². The smallest absolute Gasteiger partial charge is 0.376 e. The summed E-state index contributed by atoms with van der Waals surface area (Å²) in [4.78, 5) is 29.5. The van der Waals surface area contributed by atoms with Gasteiger partial charge in [-0.2, -0.15) is 31.4 Å². The molecule has 0 spiro atoms. The Morgan fingerprint density at radius 3 is 2.40 bits per heavy atom. The molecule has 0 bridgehead atoms. The van der Waals surface area contributed by atoms with Gasteiger partial charge in [0.15, 0.2) is 5.69 Å². The van der Waals surface area contributed by atoms with Gasteiger partial charge in [0.25, 0.3) is 5.56 Å². The van der Waals surface area contributed by atoms with Gasteiger partial charge in [-0.1, -0.05) is 12.1 Å². The number of halogens is 8. The van der Waals surface area contributed by atoms with E-state index in [0.29, 0.717) is 25.4 Å². The van der Waals surface area contributed by atoms with Crippen LogP contribution in [0.25, 0.3) is 5.69 Å². The van der Waals surface area contributed by atoms with Crippen molar-refractivity contribution in [3.05, 3.63) is 79.4 Å². The maximum absolute atomic E-state index is 13.6. The second-order valence-corrected chi connectivity index (χ2v) is 10.7. The molecule has 0 amide bonds. The third kappa shape index (κ3) is 5.73. The van der Waals surface area contributed by atoms with Gasteiger partial charge < -0.3 is 9.64 Å². The molecule has 16 heteroatoms. The summed E-state index contributed by atoms with van der Waals surface area (Å²) in [7, 11) is 0. The number of hydrogen-bond acceptors (Lipinski definition) is 5. The van der Waals surface area contributed by atoms with Crippen LogP contribution in [-0.2, 0) is 42.1 Å². The van der Waals surface area contributed by atoms with Gasteiger partial charge in [0.2, 0.25) is 0 Å². The predicted octanol–water partition coefficient (Wildman–Crippen LogP) is 4.34. The summed E-state index contributed by atoms with van der Waals surface area (Å²) in [5.74, 6) is 0.351. The zero-order chi connectivity index (χ0) is 28.4. The number of nitrogens with zero attached hydrogens (tertiary/aromatic N) is 4. The first-order chi connectivity index (χ1) is 18.9. The minimum Gasteiger partial charge on any atom is -0.376 e. The fourth-order valence-corrected chi connectivity index (χ4v) is 6.14. The third-order valence-electron chi connectivity index (χ3n) is 8.19. The number of aryl methyl sites for hydroxylation is 1. The number of aromatic amines is 1. The zero-order valence-corrected chi connectivity index (χ0v) is 23.6. The van der Waals surface area contributed by atoms with Crippen LogP contribution >= 0.6 is 24.8 Å².